The van der Waals surface area contributed by atoms with Crippen molar-refractivity contribution in [3.05, 3.63) is 40.3 Å². The number of hydrogen-bond acceptors (Lipinski definition) is 4. The summed E-state index contributed by atoms with van der Waals surface area (Å²) < 4.78 is 8.01. The van der Waals surface area contributed by atoms with Crippen LogP contribution in [-0.2, 0) is 18.2 Å². The Labute approximate surface area is 146 Å². The molecule has 6 heteroatoms. The van der Waals surface area contributed by atoms with Crippen LogP contribution < -0.4 is 0 Å². The summed E-state index contributed by atoms with van der Waals surface area (Å²) in [4.78, 5) is 14.9. The van der Waals surface area contributed by atoms with Crippen molar-refractivity contribution in [1.82, 2.24) is 14.7 Å². The van der Waals surface area contributed by atoms with Crippen molar-refractivity contribution in [2.45, 2.75) is 37.8 Å². The van der Waals surface area contributed by atoms with Crippen molar-refractivity contribution in [2.24, 2.45) is 13.0 Å². The van der Waals surface area contributed by atoms with Crippen molar-refractivity contribution in [2.75, 3.05) is 13.2 Å². The molecule has 2 atom stereocenters. The summed E-state index contributed by atoms with van der Waals surface area (Å²) in [5.41, 5.74) is 1.95. The van der Waals surface area contributed by atoms with E-state index in [9.17, 15) is 4.79 Å². The van der Waals surface area contributed by atoms with Crippen LogP contribution in [0, 0.1) is 5.92 Å². The Hall–Kier alpha value is -1.66. The molecule has 1 saturated carbocycles. The molecule has 1 aliphatic carbocycles. The van der Waals surface area contributed by atoms with Gasteiger partial charge in [-0.1, -0.05) is 0 Å². The highest BCUT2D eigenvalue weighted by Crippen LogP contribution is 2.32. The minimum atomic E-state index is 0.0975. The van der Waals surface area contributed by atoms with Crippen molar-refractivity contribution >= 4 is 17.2 Å². The van der Waals surface area contributed by atoms with Gasteiger partial charge in [0.05, 0.1) is 23.9 Å². The zero-order chi connectivity index (χ0) is 16.5. The molecule has 3 heterocycles. The minimum Gasteiger partial charge on any atom is -0.376 e. The Bertz CT molecular complexity index is 693. The zero-order valence-corrected chi connectivity index (χ0v) is 14.7. The van der Waals surface area contributed by atoms with Gasteiger partial charge in [-0.3, -0.25) is 9.48 Å². The molecule has 1 aliphatic heterocycles. The van der Waals surface area contributed by atoms with Crippen LogP contribution in [0.2, 0.25) is 0 Å². The third-order valence-corrected chi connectivity index (χ3v) is 5.64. The van der Waals surface area contributed by atoms with Gasteiger partial charge >= 0.3 is 0 Å². The van der Waals surface area contributed by atoms with E-state index in [0.29, 0.717) is 0 Å². The summed E-state index contributed by atoms with van der Waals surface area (Å²) in [5, 5.41) is 8.15. The number of amides is 1. The van der Waals surface area contributed by atoms with E-state index in [-0.39, 0.29) is 18.1 Å². The van der Waals surface area contributed by atoms with Crippen molar-refractivity contribution in [3.8, 4) is 0 Å². The highest BCUT2D eigenvalue weighted by Gasteiger charge is 2.39. The summed E-state index contributed by atoms with van der Waals surface area (Å²) in [7, 11) is 1.92. The number of likely N-dealkylation sites (tertiary alicyclic amines) is 1. The van der Waals surface area contributed by atoms with Crippen LogP contribution in [-0.4, -0.2) is 45.9 Å². The Balaban J connectivity index is 1.51. The van der Waals surface area contributed by atoms with Crippen molar-refractivity contribution in [3.63, 3.8) is 0 Å². The van der Waals surface area contributed by atoms with Gasteiger partial charge in [-0.25, -0.2) is 0 Å². The lowest BCUT2D eigenvalue weighted by atomic mass is 10.0. The fourth-order valence-electron chi connectivity index (χ4n) is 3.43. The zero-order valence-electron chi connectivity index (χ0n) is 13.9. The van der Waals surface area contributed by atoms with Gasteiger partial charge < -0.3 is 9.64 Å². The predicted octanol–water partition coefficient (Wildman–Crippen LogP) is 2.73. The Morgan fingerprint density at radius 2 is 2.29 bits per heavy atom. The summed E-state index contributed by atoms with van der Waals surface area (Å²) in [5.74, 6) is 0.869. The summed E-state index contributed by atoms with van der Waals surface area (Å²) in [6, 6.07) is 2.01. The normalized spacial score (nSPS) is 23.8. The van der Waals surface area contributed by atoms with Crippen LogP contribution in [0.5, 0.6) is 0 Å². The lowest BCUT2D eigenvalue weighted by Gasteiger charge is -2.28. The highest BCUT2D eigenvalue weighted by molar-refractivity contribution is 7.08. The molecule has 5 nitrogen and oxygen atoms in total. The van der Waals surface area contributed by atoms with Gasteiger partial charge in [-0.2, -0.15) is 16.4 Å². The third-order valence-electron chi connectivity index (χ3n) is 4.96. The number of ether oxygens (including phenoxy) is 1. The van der Waals surface area contributed by atoms with Crippen molar-refractivity contribution in [1.29, 1.82) is 0 Å². The lowest BCUT2D eigenvalue weighted by Crippen LogP contribution is -2.42. The van der Waals surface area contributed by atoms with Gasteiger partial charge in [0.2, 0.25) is 0 Å². The van der Waals surface area contributed by atoms with Crippen LogP contribution in [0.3, 0.4) is 0 Å². The molecule has 2 aromatic rings. The number of nitrogens with zero attached hydrogens (tertiary/aromatic N) is 3. The Morgan fingerprint density at radius 3 is 2.96 bits per heavy atom. The average molecular weight is 345 g/mol. The molecule has 0 aromatic carbocycles. The van der Waals surface area contributed by atoms with Gasteiger partial charge in [0, 0.05) is 31.8 Å². The second-order valence-corrected chi connectivity index (χ2v) is 7.69. The summed E-state index contributed by atoms with van der Waals surface area (Å²) >= 11 is 1.57. The first kappa shape index (κ1) is 15.8. The van der Waals surface area contributed by atoms with Crippen LogP contribution in [0.4, 0.5) is 0 Å². The van der Waals surface area contributed by atoms with E-state index in [1.807, 2.05) is 45.8 Å². The van der Waals surface area contributed by atoms with Gasteiger partial charge in [0.25, 0.3) is 5.91 Å². The molecule has 0 N–H and O–H groups in total. The van der Waals surface area contributed by atoms with Crippen LogP contribution in [0.25, 0.3) is 0 Å². The number of aromatic nitrogens is 2. The first-order valence-electron chi connectivity index (χ1n) is 8.63. The van der Waals surface area contributed by atoms with E-state index in [4.69, 9.17) is 4.74 Å². The number of hydrogen-bond donors (Lipinski definition) is 0. The van der Waals surface area contributed by atoms with E-state index in [2.05, 4.69) is 5.10 Å². The lowest BCUT2D eigenvalue weighted by molar-refractivity contribution is 0.0200. The van der Waals surface area contributed by atoms with Gasteiger partial charge in [-0.05, 0) is 48.6 Å². The SMILES string of the molecule is Cn1cc(C[C@@H]2[C@@H](OCC3CC3)CCN2C(=O)c2ccsc2)cn1. The van der Waals surface area contributed by atoms with E-state index in [1.54, 1.807) is 11.3 Å². The molecule has 0 bridgehead atoms. The molecule has 1 saturated heterocycles. The maximum absolute atomic E-state index is 12.9. The first-order chi connectivity index (χ1) is 11.7. The minimum absolute atomic E-state index is 0.0975. The Morgan fingerprint density at radius 1 is 1.42 bits per heavy atom. The molecule has 2 aromatic heterocycles. The fourth-order valence-corrected chi connectivity index (χ4v) is 4.06. The smallest absolute Gasteiger partial charge is 0.255 e. The molecule has 0 unspecified atom stereocenters. The van der Waals surface area contributed by atoms with Crippen molar-refractivity contribution < 1.29 is 9.53 Å². The molecule has 24 heavy (non-hydrogen) atoms. The Kier molecular flexibility index (Phi) is 4.41. The molecule has 0 radical (unpaired) electrons. The standard InChI is InChI=1S/C18H23N3O2S/c1-20-10-14(9-19-20)8-16-17(23-11-13-2-3-13)4-6-21(16)18(22)15-5-7-24-12-15/h5,7,9-10,12-13,16-17H,2-4,6,8,11H2,1H3/t16-,17+/m1/s1. The highest BCUT2D eigenvalue weighted by atomic mass is 32.1. The number of rotatable bonds is 6. The molecule has 2 aliphatic rings. The van der Waals surface area contributed by atoms with E-state index >= 15 is 0 Å². The molecule has 0 spiro atoms. The van der Waals surface area contributed by atoms with Gasteiger partial charge in [-0.15, -0.1) is 0 Å². The summed E-state index contributed by atoms with van der Waals surface area (Å²) in [6.07, 6.45) is 8.36. The van der Waals surface area contributed by atoms with E-state index in [1.165, 1.54) is 12.8 Å². The van der Waals surface area contributed by atoms with Crippen LogP contribution in [0.15, 0.2) is 29.2 Å². The number of carbonyl (C=O) groups is 1. The number of thiophene rings is 1. The first-order valence-corrected chi connectivity index (χ1v) is 9.57. The third kappa shape index (κ3) is 3.39. The quantitative estimate of drug-likeness (QED) is 0.809. The van der Waals surface area contributed by atoms with Gasteiger partial charge in [0.15, 0.2) is 0 Å². The monoisotopic (exact) mass is 345 g/mol. The molecular weight excluding hydrogens is 322 g/mol. The van der Waals surface area contributed by atoms with Crippen LogP contribution >= 0.6 is 11.3 Å². The maximum atomic E-state index is 12.9. The second kappa shape index (κ2) is 6.69. The summed E-state index contributed by atoms with van der Waals surface area (Å²) in [6.45, 7) is 1.61. The molecule has 1 amide bonds. The second-order valence-electron chi connectivity index (χ2n) is 6.91. The number of carbonyl (C=O) groups excluding carboxylic acids is 1. The van der Waals surface area contributed by atoms with Gasteiger partial charge in [0.1, 0.15) is 0 Å². The molecule has 128 valence electrons. The topological polar surface area (TPSA) is 47.4 Å². The fraction of sp³-hybridized carbons (Fsp3) is 0.556. The molecular formula is C18H23N3O2S. The van der Waals surface area contributed by atoms with Crippen LogP contribution in [0.1, 0.15) is 35.2 Å². The predicted molar refractivity (Wildman–Crippen MR) is 93.1 cm³/mol. The molecule has 4 rings (SSSR count). The number of aryl methyl sites for hydroxylation is 1. The largest absolute Gasteiger partial charge is 0.376 e. The average Bonchev–Trinajstić information content (AvgIpc) is 2.98. The molecule has 2 fully saturated rings. The maximum Gasteiger partial charge on any atom is 0.255 e. The van der Waals surface area contributed by atoms with E-state index < -0.39 is 0 Å². The van der Waals surface area contributed by atoms with E-state index in [0.717, 1.165) is 43.0 Å².